The SMILES string of the molecule is c1ccc(-c2cccc3cccc(-c4ccccc4N(c4ccccc4-c4ccc5c(c4)c4ccccc4n5-c4ccccc4)c4cccc5c4sc4ccccc45)c23)cc1. The molecule has 10 aromatic carbocycles. The van der Waals surface area contributed by atoms with E-state index in [9.17, 15) is 0 Å². The van der Waals surface area contributed by atoms with Gasteiger partial charge in [-0.25, -0.2) is 0 Å². The summed E-state index contributed by atoms with van der Waals surface area (Å²) in [6.07, 6.45) is 0. The zero-order chi connectivity index (χ0) is 40.3. The van der Waals surface area contributed by atoms with Gasteiger partial charge in [-0.05, 0) is 87.6 Å². The average Bonchev–Trinajstić information content (AvgIpc) is 3.88. The lowest BCUT2D eigenvalue weighted by Crippen LogP contribution is -2.12. The Bertz CT molecular complexity index is 3590. The first-order valence-electron chi connectivity index (χ1n) is 20.9. The molecule has 12 rings (SSSR count). The average molecular weight is 795 g/mol. The highest BCUT2D eigenvalue weighted by Crippen LogP contribution is 2.51. The second kappa shape index (κ2) is 14.5. The molecule has 12 aromatic rings. The molecule has 0 radical (unpaired) electrons. The third-order valence-corrected chi connectivity index (χ3v) is 13.4. The first-order chi connectivity index (χ1) is 30.3. The number of hydrogen-bond donors (Lipinski definition) is 0. The number of para-hydroxylation sites is 4. The molecule has 0 aliphatic rings. The van der Waals surface area contributed by atoms with Crippen LogP contribution in [0.4, 0.5) is 17.1 Å². The zero-order valence-electron chi connectivity index (χ0n) is 33.2. The summed E-state index contributed by atoms with van der Waals surface area (Å²) in [6, 6.07) is 84.3. The number of rotatable bonds is 7. The summed E-state index contributed by atoms with van der Waals surface area (Å²) in [4.78, 5) is 2.53. The van der Waals surface area contributed by atoms with Gasteiger partial charge in [0.05, 0.1) is 32.8 Å². The van der Waals surface area contributed by atoms with Crippen LogP contribution >= 0.6 is 11.3 Å². The molecule has 61 heavy (non-hydrogen) atoms. The van der Waals surface area contributed by atoms with Crippen molar-refractivity contribution >= 4 is 81.1 Å². The standard InChI is InChI=1S/C58H38N2S/c1-3-18-39(19-4-1)44-28-15-20-40-21-16-29-48(57(40)44)45-25-8-13-33-53(45)60(55-34-17-30-49-47-27-10-14-35-56(47)61-58(49)55)51-31-11-7-24-43(51)41-36-37-54-50(38-41)46-26-9-12-32-52(46)59(54)42-22-5-2-6-23-42/h1-38H. The highest BCUT2D eigenvalue weighted by molar-refractivity contribution is 7.26. The molecule has 0 spiro atoms. The number of nitrogens with zero attached hydrogens (tertiary/aromatic N) is 2. The number of hydrogen-bond acceptors (Lipinski definition) is 2. The van der Waals surface area contributed by atoms with Gasteiger partial charge in [-0.15, -0.1) is 11.3 Å². The molecule has 2 heterocycles. The van der Waals surface area contributed by atoms with Crippen molar-refractivity contribution < 1.29 is 0 Å². The van der Waals surface area contributed by atoms with E-state index in [0.717, 1.165) is 28.3 Å². The van der Waals surface area contributed by atoms with Crippen LogP contribution in [0.3, 0.4) is 0 Å². The first kappa shape index (κ1) is 35.2. The second-order valence-corrected chi connectivity index (χ2v) is 16.7. The van der Waals surface area contributed by atoms with Gasteiger partial charge in [-0.2, -0.15) is 0 Å². The van der Waals surface area contributed by atoms with Crippen LogP contribution in [0.25, 0.3) is 91.8 Å². The van der Waals surface area contributed by atoms with Gasteiger partial charge in [0.25, 0.3) is 0 Å². The first-order valence-corrected chi connectivity index (χ1v) is 21.7. The lowest BCUT2D eigenvalue weighted by Gasteiger charge is -2.30. The maximum Gasteiger partial charge on any atom is 0.0640 e. The Balaban J connectivity index is 1.14. The molecular weight excluding hydrogens is 757 g/mol. The highest BCUT2D eigenvalue weighted by atomic mass is 32.1. The van der Waals surface area contributed by atoms with E-state index in [0.29, 0.717) is 0 Å². The monoisotopic (exact) mass is 794 g/mol. The summed E-state index contributed by atoms with van der Waals surface area (Å²) in [6.45, 7) is 0. The Morgan fingerprint density at radius 1 is 0.344 bits per heavy atom. The maximum absolute atomic E-state index is 2.53. The third-order valence-electron chi connectivity index (χ3n) is 12.2. The number of benzene rings is 10. The van der Waals surface area contributed by atoms with Crippen LogP contribution in [0.5, 0.6) is 0 Å². The van der Waals surface area contributed by atoms with E-state index in [2.05, 4.69) is 240 Å². The summed E-state index contributed by atoms with van der Waals surface area (Å²) < 4.78 is 4.93. The van der Waals surface area contributed by atoms with Crippen LogP contribution in [0.15, 0.2) is 231 Å². The Hall–Kier alpha value is -7.72. The van der Waals surface area contributed by atoms with E-state index in [1.54, 1.807) is 0 Å². The van der Waals surface area contributed by atoms with Crippen LogP contribution in [-0.4, -0.2) is 4.57 Å². The maximum atomic E-state index is 2.53. The Morgan fingerprint density at radius 2 is 0.918 bits per heavy atom. The smallest absolute Gasteiger partial charge is 0.0640 e. The lowest BCUT2D eigenvalue weighted by molar-refractivity contribution is 1.18. The van der Waals surface area contributed by atoms with E-state index in [1.165, 1.54) is 80.6 Å². The highest BCUT2D eigenvalue weighted by Gasteiger charge is 2.25. The van der Waals surface area contributed by atoms with Gasteiger partial charge < -0.3 is 9.47 Å². The molecule has 0 saturated carbocycles. The van der Waals surface area contributed by atoms with E-state index in [4.69, 9.17) is 0 Å². The van der Waals surface area contributed by atoms with Crippen molar-refractivity contribution in [3.8, 4) is 39.1 Å². The largest absolute Gasteiger partial charge is 0.309 e. The van der Waals surface area contributed by atoms with Crippen LogP contribution in [-0.2, 0) is 0 Å². The van der Waals surface area contributed by atoms with Crippen molar-refractivity contribution in [1.82, 2.24) is 4.57 Å². The van der Waals surface area contributed by atoms with Crippen molar-refractivity contribution in [2.24, 2.45) is 0 Å². The predicted octanol–water partition coefficient (Wildman–Crippen LogP) is 16.8. The van der Waals surface area contributed by atoms with Crippen LogP contribution in [0, 0.1) is 0 Å². The van der Waals surface area contributed by atoms with Gasteiger partial charge in [0, 0.05) is 43.1 Å². The summed E-state index contributed by atoms with van der Waals surface area (Å²) in [5.74, 6) is 0. The van der Waals surface area contributed by atoms with E-state index in [1.807, 2.05) is 11.3 Å². The molecule has 0 aliphatic heterocycles. The minimum atomic E-state index is 1.12. The fourth-order valence-corrected chi connectivity index (χ4v) is 10.7. The van der Waals surface area contributed by atoms with Crippen molar-refractivity contribution in [2.45, 2.75) is 0 Å². The normalized spacial score (nSPS) is 11.6. The van der Waals surface area contributed by atoms with Crippen molar-refractivity contribution in [2.75, 3.05) is 4.90 Å². The summed E-state index contributed by atoms with van der Waals surface area (Å²) in [5.41, 5.74) is 14.1. The van der Waals surface area contributed by atoms with Crippen molar-refractivity contribution in [3.63, 3.8) is 0 Å². The van der Waals surface area contributed by atoms with Crippen molar-refractivity contribution in [1.29, 1.82) is 0 Å². The van der Waals surface area contributed by atoms with Crippen LogP contribution < -0.4 is 4.90 Å². The fourth-order valence-electron chi connectivity index (χ4n) is 9.53. The van der Waals surface area contributed by atoms with E-state index < -0.39 is 0 Å². The molecule has 0 fully saturated rings. The predicted molar refractivity (Wildman–Crippen MR) is 262 cm³/mol. The lowest BCUT2D eigenvalue weighted by atomic mass is 9.90. The van der Waals surface area contributed by atoms with Gasteiger partial charge in [0.2, 0.25) is 0 Å². The van der Waals surface area contributed by atoms with Gasteiger partial charge in [-0.3, -0.25) is 0 Å². The Kier molecular flexibility index (Phi) is 8.39. The summed E-state index contributed by atoms with van der Waals surface area (Å²) in [5, 5.41) is 7.49. The molecule has 0 aliphatic carbocycles. The Labute approximate surface area is 358 Å². The van der Waals surface area contributed by atoms with E-state index >= 15 is 0 Å². The third kappa shape index (κ3) is 5.78. The molecule has 0 bridgehead atoms. The van der Waals surface area contributed by atoms with Gasteiger partial charge in [0.1, 0.15) is 0 Å². The Morgan fingerprint density at radius 3 is 1.74 bits per heavy atom. The zero-order valence-corrected chi connectivity index (χ0v) is 34.1. The number of aromatic nitrogens is 1. The molecule has 0 atom stereocenters. The minimum absolute atomic E-state index is 1.12. The second-order valence-electron chi connectivity index (χ2n) is 15.6. The number of thiophene rings is 1. The van der Waals surface area contributed by atoms with Gasteiger partial charge in [-0.1, -0.05) is 176 Å². The van der Waals surface area contributed by atoms with E-state index in [-0.39, 0.29) is 0 Å². The molecule has 2 nitrogen and oxygen atoms in total. The molecule has 286 valence electrons. The van der Waals surface area contributed by atoms with Crippen LogP contribution in [0.1, 0.15) is 0 Å². The minimum Gasteiger partial charge on any atom is -0.309 e. The quantitative estimate of drug-likeness (QED) is 0.156. The molecule has 0 N–H and O–H groups in total. The summed E-state index contributed by atoms with van der Waals surface area (Å²) in [7, 11) is 0. The molecule has 3 heteroatoms. The van der Waals surface area contributed by atoms with Crippen molar-refractivity contribution in [3.05, 3.63) is 231 Å². The number of anilines is 3. The topological polar surface area (TPSA) is 8.17 Å². The van der Waals surface area contributed by atoms with Gasteiger partial charge >= 0.3 is 0 Å². The van der Waals surface area contributed by atoms with Gasteiger partial charge in [0.15, 0.2) is 0 Å². The summed E-state index contributed by atoms with van der Waals surface area (Å²) >= 11 is 1.87. The fraction of sp³-hybridized carbons (Fsp3) is 0. The molecule has 0 unspecified atom stereocenters. The van der Waals surface area contributed by atoms with Crippen LogP contribution in [0.2, 0.25) is 0 Å². The number of fused-ring (bicyclic) bond motifs is 7. The molecule has 0 amide bonds. The molecule has 0 saturated heterocycles. The molecular formula is C58H38N2S. The molecule has 2 aromatic heterocycles.